The Balaban J connectivity index is 2.37. The molecular formula is C22H21Br2O3P. The molecule has 3 nitrogen and oxygen atoms in total. The van der Waals surface area contributed by atoms with Gasteiger partial charge in [-0.1, -0.05) is 62.2 Å². The molecule has 0 spiro atoms. The van der Waals surface area contributed by atoms with Gasteiger partial charge in [-0.3, -0.25) is 4.57 Å². The summed E-state index contributed by atoms with van der Waals surface area (Å²) in [6.07, 6.45) is 0.465. The summed E-state index contributed by atoms with van der Waals surface area (Å²) < 4.78 is 14.3. The second-order valence-corrected chi connectivity index (χ2v) is 10.2. The smallest absolute Gasteiger partial charge is 0.321 e. The minimum Gasteiger partial charge on any atom is -0.321 e. The zero-order valence-corrected chi connectivity index (χ0v) is 19.9. The van der Waals surface area contributed by atoms with Gasteiger partial charge in [-0.2, -0.15) is 0 Å². The summed E-state index contributed by atoms with van der Waals surface area (Å²) in [5.41, 5.74) is 6.14. The molecule has 3 aromatic rings. The van der Waals surface area contributed by atoms with E-state index in [4.69, 9.17) is 0 Å². The Bertz CT molecular complexity index is 1090. The molecule has 0 bridgehead atoms. The normalized spacial score (nSPS) is 11.7. The highest BCUT2D eigenvalue weighted by atomic mass is 79.9. The molecule has 0 heterocycles. The van der Waals surface area contributed by atoms with Crippen LogP contribution in [0.4, 0.5) is 0 Å². The van der Waals surface area contributed by atoms with Gasteiger partial charge >= 0.3 is 7.60 Å². The van der Waals surface area contributed by atoms with E-state index < -0.39 is 7.60 Å². The minimum atomic E-state index is -4.44. The molecule has 146 valence electrons. The predicted molar refractivity (Wildman–Crippen MR) is 122 cm³/mol. The van der Waals surface area contributed by atoms with E-state index in [0.29, 0.717) is 17.5 Å². The van der Waals surface area contributed by atoms with Crippen LogP contribution in [0.3, 0.4) is 0 Å². The van der Waals surface area contributed by atoms with Crippen LogP contribution in [-0.2, 0) is 11.0 Å². The fraction of sp³-hybridized carbons (Fsp3) is 0.182. The summed E-state index contributed by atoms with van der Waals surface area (Å²) >= 11 is 7.17. The fourth-order valence-electron chi connectivity index (χ4n) is 3.70. The first-order valence-electron chi connectivity index (χ1n) is 8.79. The first-order chi connectivity index (χ1) is 13.1. The van der Waals surface area contributed by atoms with Crippen LogP contribution in [0.25, 0.3) is 11.1 Å². The maximum Gasteiger partial charge on any atom is 0.356 e. The largest absolute Gasteiger partial charge is 0.356 e. The highest BCUT2D eigenvalue weighted by molar-refractivity contribution is 9.11. The molecule has 28 heavy (non-hydrogen) atoms. The van der Waals surface area contributed by atoms with Gasteiger partial charge in [-0.05, 0) is 84.3 Å². The maximum atomic E-state index is 12.4. The molecule has 0 aliphatic carbocycles. The Morgan fingerprint density at radius 2 is 1.54 bits per heavy atom. The molecule has 3 aromatic carbocycles. The van der Waals surface area contributed by atoms with Gasteiger partial charge in [0.15, 0.2) is 0 Å². The van der Waals surface area contributed by atoms with Crippen molar-refractivity contribution in [1.82, 2.24) is 0 Å². The number of benzene rings is 3. The van der Waals surface area contributed by atoms with Gasteiger partial charge in [-0.25, -0.2) is 0 Å². The third-order valence-electron chi connectivity index (χ3n) is 5.12. The lowest BCUT2D eigenvalue weighted by molar-refractivity contribution is 0.387. The predicted octanol–water partition coefficient (Wildman–Crippen LogP) is 6.20. The molecule has 0 atom stereocenters. The molecule has 3 rings (SSSR count). The molecule has 0 fully saturated rings. The number of halogens is 2. The summed E-state index contributed by atoms with van der Waals surface area (Å²) in [7, 11) is -4.44. The number of hydrogen-bond donors (Lipinski definition) is 2. The summed E-state index contributed by atoms with van der Waals surface area (Å²) in [6.45, 7) is 5.68. The van der Waals surface area contributed by atoms with Crippen molar-refractivity contribution < 1.29 is 14.4 Å². The van der Waals surface area contributed by atoms with Crippen LogP contribution in [-0.4, -0.2) is 9.79 Å². The van der Waals surface area contributed by atoms with E-state index in [9.17, 15) is 14.4 Å². The molecular weight excluding hydrogens is 503 g/mol. The van der Waals surface area contributed by atoms with Crippen molar-refractivity contribution in [3.8, 4) is 11.1 Å². The maximum absolute atomic E-state index is 12.4. The lowest BCUT2D eigenvalue weighted by atomic mass is 9.87. The van der Waals surface area contributed by atoms with Crippen LogP contribution in [0.1, 0.15) is 27.8 Å². The van der Waals surface area contributed by atoms with Crippen molar-refractivity contribution >= 4 is 44.8 Å². The van der Waals surface area contributed by atoms with Crippen molar-refractivity contribution in [1.29, 1.82) is 0 Å². The van der Waals surface area contributed by atoms with E-state index in [-0.39, 0.29) is 5.30 Å². The lowest BCUT2D eigenvalue weighted by Crippen LogP contribution is -2.20. The Kier molecular flexibility index (Phi) is 6.33. The number of rotatable bonds is 4. The molecule has 0 unspecified atom stereocenters. The molecule has 0 aromatic heterocycles. The molecule has 0 aliphatic rings. The van der Waals surface area contributed by atoms with Gasteiger partial charge in [-0.15, -0.1) is 0 Å². The van der Waals surface area contributed by atoms with Gasteiger partial charge in [0.2, 0.25) is 0 Å². The van der Waals surface area contributed by atoms with Crippen molar-refractivity contribution in [3.05, 3.63) is 85.3 Å². The van der Waals surface area contributed by atoms with Crippen LogP contribution in [0, 0.1) is 20.8 Å². The van der Waals surface area contributed by atoms with E-state index in [0.717, 1.165) is 36.8 Å². The summed E-state index contributed by atoms with van der Waals surface area (Å²) in [6, 6.07) is 15.7. The van der Waals surface area contributed by atoms with Crippen molar-refractivity contribution in [2.45, 2.75) is 27.2 Å². The Labute approximate surface area is 182 Å². The van der Waals surface area contributed by atoms with E-state index >= 15 is 0 Å². The van der Waals surface area contributed by atoms with Crippen molar-refractivity contribution in [3.63, 3.8) is 0 Å². The lowest BCUT2D eigenvalue weighted by Gasteiger charge is -2.24. The molecule has 0 aliphatic heterocycles. The van der Waals surface area contributed by atoms with Crippen LogP contribution in [0.5, 0.6) is 0 Å². The molecule has 0 amide bonds. The van der Waals surface area contributed by atoms with Crippen LogP contribution in [0.15, 0.2) is 57.5 Å². The average molecular weight is 524 g/mol. The van der Waals surface area contributed by atoms with Crippen molar-refractivity contribution in [2.24, 2.45) is 0 Å². The second-order valence-electron chi connectivity index (χ2n) is 6.91. The van der Waals surface area contributed by atoms with E-state index in [2.05, 4.69) is 31.9 Å². The second kappa shape index (κ2) is 8.25. The summed E-state index contributed by atoms with van der Waals surface area (Å²) in [5, 5.41) is 0.154. The Hall–Kier alpha value is -1.23. The first kappa shape index (κ1) is 21.5. The molecule has 0 saturated heterocycles. The average Bonchev–Trinajstić information content (AvgIpc) is 2.62. The van der Waals surface area contributed by atoms with Gasteiger partial charge in [0, 0.05) is 8.95 Å². The summed E-state index contributed by atoms with van der Waals surface area (Å²) in [5.74, 6) is 0. The van der Waals surface area contributed by atoms with E-state index in [1.165, 1.54) is 0 Å². The Morgan fingerprint density at radius 1 is 0.893 bits per heavy atom. The number of hydrogen-bond acceptors (Lipinski definition) is 1. The topological polar surface area (TPSA) is 57.5 Å². The van der Waals surface area contributed by atoms with Crippen LogP contribution in [0.2, 0.25) is 0 Å². The van der Waals surface area contributed by atoms with Gasteiger partial charge in [0.1, 0.15) is 0 Å². The highest BCUT2D eigenvalue weighted by Crippen LogP contribution is 2.43. The van der Waals surface area contributed by atoms with Crippen LogP contribution >= 0.6 is 39.5 Å². The fourth-order valence-corrected chi connectivity index (χ4v) is 5.71. The standard InChI is InChI=1S/C22H21Br2O3P/c1-13-14(2)22(28(25,26)27)18(11-16-7-5-4-6-8-16)15(3)21(13)19-12-17(23)9-10-20(19)24/h4-10,12H,11H2,1-3H3,(H2,25,26,27). The minimum absolute atomic E-state index is 0.154. The van der Waals surface area contributed by atoms with E-state index in [1.807, 2.05) is 62.4 Å². The SMILES string of the molecule is Cc1c(C)c(P(=O)(O)O)c(Cc2ccccc2)c(C)c1-c1cc(Br)ccc1Br. The zero-order valence-electron chi connectivity index (χ0n) is 15.8. The third kappa shape index (κ3) is 4.19. The van der Waals surface area contributed by atoms with Gasteiger partial charge in [0.05, 0.1) is 5.30 Å². The van der Waals surface area contributed by atoms with Gasteiger partial charge in [0.25, 0.3) is 0 Å². The highest BCUT2D eigenvalue weighted by Gasteiger charge is 2.29. The zero-order chi connectivity index (χ0) is 20.6. The molecule has 2 N–H and O–H groups in total. The third-order valence-corrected chi connectivity index (χ3v) is 7.49. The molecule has 6 heteroatoms. The molecule has 0 saturated carbocycles. The van der Waals surface area contributed by atoms with Gasteiger partial charge < -0.3 is 9.79 Å². The molecule has 0 radical (unpaired) electrons. The van der Waals surface area contributed by atoms with E-state index in [1.54, 1.807) is 6.92 Å². The van der Waals surface area contributed by atoms with Crippen molar-refractivity contribution in [2.75, 3.05) is 0 Å². The first-order valence-corrected chi connectivity index (χ1v) is 12.0. The quantitative estimate of drug-likeness (QED) is 0.400. The Morgan fingerprint density at radius 3 is 2.14 bits per heavy atom. The van der Waals surface area contributed by atoms with Crippen LogP contribution < -0.4 is 5.30 Å². The monoisotopic (exact) mass is 522 g/mol. The summed E-state index contributed by atoms with van der Waals surface area (Å²) in [4.78, 5) is 20.3.